The Morgan fingerprint density at radius 2 is 2.17 bits per heavy atom. The summed E-state index contributed by atoms with van der Waals surface area (Å²) in [5.41, 5.74) is 9.71. The van der Waals surface area contributed by atoms with Gasteiger partial charge >= 0.3 is 0 Å². The number of ether oxygens (including phenoxy) is 1. The van der Waals surface area contributed by atoms with Gasteiger partial charge in [-0.05, 0) is 38.0 Å². The van der Waals surface area contributed by atoms with Crippen molar-refractivity contribution in [1.82, 2.24) is 9.97 Å². The van der Waals surface area contributed by atoms with Gasteiger partial charge in [0.05, 0.1) is 18.5 Å². The maximum atomic E-state index is 5.94. The predicted molar refractivity (Wildman–Crippen MR) is 71.7 cm³/mol. The number of anilines is 1. The van der Waals surface area contributed by atoms with Crippen LogP contribution in [-0.4, -0.2) is 17.1 Å². The first kappa shape index (κ1) is 11.1. The molecule has 1 aromatic carbocycles. The number of nitrogen functional groups attached to an aromatic ring is 1. The zero-order valence-corrected chi connectivity index (χ0v) is 10.7. The Balaban J connectivity index is 2.00. The minimum atomic E-state index is 0.632. The Bertz CT molecular complexity index is 585. The van der Waals surface area contributed by atoms with Crippen LogP contribution in [0.25, 0.3) is 11.3 Å². The smallest absolute Gasteiger partial charge is 0.141 e. The van der Waals surface area contributed by atoms with Crippen LogP contribution < -0.4 is 10.5 Å². The van der Waals surface area contributed by atoms with E-state index in [9.17, 15) is 0 Å². The average Bonchev–Trinajstić information content (AvgIpc) is 3.13. The van der Waals surface area contributed by atoms with Crippen molar-refractivity contribution in [2.45, 2.75) is 25.7 Å². The van der Waals surface area contributed by atoms with Crippen molar-refractivity contribution in [3.8, 4) is 17.0 Å². The number of rotatable bonds is 3. The van der Waals surface area contributed by atoms with Crippen molar-refractivity contribution in [2.75, 3.05) is 12.8 Å². The van der Waals surface area contributed by atoms with Crippen LogP contribution in [0.5, 0.6) is 5.75 Å². The van der Waals surface area contributed by atoms with E-state index in [0.717, 1.165) is 22.8 Å². The van der Waals surface area contributed by atoms with E-state index < -0.39 is 0 Å². The topological polar surface area (TPSA) is 63.9 Å². The van der Waals surface area contributed by atoms with E-state index in [1.165, 1.54) is 12.8 Å². The Labute approximate surface area is 106 Å². The van der Waals surface area contributed by atoms with Gasteiger partial charge in [0.25, 0.3) is 0 Å². The van der Waals surface area contributed by atoms with Gasteiger partial charge in [-0.1, -0.05) is 0 Å². The van der Waals surface area contributed by atoms with Crippen LogP contribution in [0.3, 0.4) is 0 Å². The van der Waals surface area contributed by atoms with E-state index in [-0.39, 0.29) is 0 Å². The number of nitrogens with two attached hydrogens (primary N) is 1. The summed E-state index contributed by atoms with van der Waals surface area (Å²) in [6.07, 6.45) is 2.49. The second-order valence-corrected chi connectivity index (χ2v) is 4.83. The quantitative estimate of drug-likeness (QED) is 0.815. The number of H-pyrrole nitrogens is 1. The molecule has 0 unspecified atom stereocenters. The summed E-state index contributed by atoms with van der Waals surface area (Å²) in [7, 11) is 1.62. The Kier molecular flexibility index (Phi) is 2.51. The SMILES string of the molecule is COc1ccc(-c2nc(C3CC3)[nH]c2C)cc1N. The first-order valence-electron chi connectivity index (χ1n) is 6.19. The number of hydrogen-bond donors (Lipinski definition) is 2. The second kappa shape index (κ2) is 4.05. The highest BCUT2D eigenvalue weighted by molar-refractivity contribution is 5.69. The third kappa shape index (κ3) is 1.83. The monoisotopic (exact) mass is 243 g/mol. The molecule has 4 heteroatoms. The highest BCUT2D eigenvalue weighted by atomic mass is 16.5. The molecular weight excluding hydrogens is 226 g/mol. The van der Waals surface area contributed by atoms with Gasteiger partial charge in [0.1, 0.15) is 11.6 Å². The summed E-state index contributed by atoms with van der Waals surface area (Å²) in [5.74, 6) is 2.44. The molecule has 3 N–H and O–H groups in total. The molecule has 1 heterocycles. The molecule has 0 aliphatic heterocycles. The summed E-state index contributed by atoms with van der Waals surface area (Å²) < 4.78 is 5.17. The van der Waals surface area contributed by atoms with E-state index in [1.54, 1.807) is 7.11 Å². The molecule has 3 rings (SSSR count). The third-order valence-corrected chi connectivity index (χ3v) is 3.37. The summed E-state index contributed by atoms with van der Waals surface area (Å²) in [6, 6.07) is 5.79. The number of nitrogens with one attached hydrogen (secondary N) is 1. The molecule has 0 radical (unpaired) electrons. The largest absolute Gasteiger partial charge is 0.495 e. The number of nitrogens with zero attached hydrogens (tertiary/aromatic N) is 1. The molecule has 0 bridgehead atoms. The zero-order valence-electron chi connectivity index (χ0n) is 10.7. The van der Waals surface area contributed by atoms with Gasteiger partial charge < -0.3 is 15.5 Å². The van der Waals surface area contributed by atoms with E-state index in [1.807, 2.05) is 18.2 Å². The van der Waals surface area contributed by atoms with Gasteiger partial charge in [-0.15, -0.1) is 0 Å². The standard InChI is InChI=1S/C14H17N3O/c1-8-13(17-14(16-8)9-3-4-9)10-5-6-12(18-2)11(15)7-10/h5-7,9H,3-4,15H2,1-2H3,(H,16,17). The normalized spacial score (nSPS) is 14.8. The van der Waals surface area contributed by atoms with Crippen LogP contribution in [0.1, 0.15) is 30.3 Å². The molecule has 1 aliphatic carbocycles. The molecule has 1 aromatic heterocycles. The second-order valence-electron chi connectivity index (χ2n) is 4.83. The molecule has 0 spiro atoms. The van der Waals surface area contributed by atoms with E-state index >= 15 is 0 Å². The zero-order chi connectivity index (χ0) is 12.7. The average molecular weight is 243 g/mol. The lowest BCUT2D eigenvalue weighted by Gasteiger charge is -2.06. The summed E-state index contributed by atoms with van der Waals surface area (Å²) >= 11 is 0. The number of imidazole rings is 1. The fraction of sp³-hybridized carbons (Fsp3) is 0.357. The molecule has 0 amide bonds. The molecule has 94 valence electrons. The maximum Gasteiger partial charge on any atom is 0.141 e. The van der Waals surface area contributed by atoms with Gasteiger partial charge in [-0.3, -0.25) is 0 Å². The number of aryl methyl sites for hydroxylation is 1. The van der Waals surface area contributed by atoms with Crippen molar-refractivity contribution in [3.05, 3.63) is 29.7 Å². The maximum absolute atomic E-state index is 5.94. The van der Waals surface area contributed by atoms with Crippen molar-refractivity contribution in [1.29, 1.82) is 0 Å². The van der Waals surface area contributed by atoms with Crippen LogP contribution in [0.2, 0.25) is 0 Å². The van der Waals surface area contributed by atoms with E-state index in [0.29, 0.717) is 17.4 Å². The summed E-state index contributed by atoms with van der Waals surface area (Å²) in [6.45, 7) is 2.05. The Morgan fingerprint density at radius 3 is 2.78 bits per heavy atom. The van der Waals surface area contributed by atoms with Crippen LogP contribution >= 0.6 is 0 Å². The molecular formula is C14H17N3O. The van der Waals surface area contributed by atoms with Crippen molar-refractivity contribution >= 4 is 5.69 Å². The number of methoxy groups -OCH3 is 1. The minimum Gasteiger partial charge on any atom is -0.495 e. The van der Waals surface area contributed by atoms with Gasteiger partial charge in [0.15, 0.2) is 0 Å². The van der Waals surface area contributed by atoms with Crippen molar-refractivity contribution in [2.24, 2.45) is 0 Å². The van der Waals surface area contributed by atoms with Crippen LogP contribution in [0, 0.1) is 6.92 Å². The number of aromatic nitrogens is 2. The van der Waals surface area contributed by atoms with Gasteiger partial charge in [0.2, 0.25) is 0 Å². The number of aromatic amines is 1. The third-order valence-electron chi connectivity index (χ3n) is 3.37. The van der Waals surface area contributed by atoms with Gasteiger partial charge in [-0.25, -0.2) is 4.98 Å². The molecule has 2 aromatic rings. The Hall–Kier alpha value is -1.97. The number of benzene rings is 1. The molecule has 1 fully saturated rings. The number of hydrogen-bond acceptors (Lipinski definition) is 3. The highest BCUT2D eigenvalue weighted by Crippen LogP contribution is 2.40. The fourth-order valence-electron chi connectivity index (χ4n) is 2.20. The first-order valence-corrected chi connectivity index (χ1v) is 6.19. The van der Waals surface area contributed by atoms with Crippen molar-refractivity contribution < 1.29 is 4.74 Å². The van der Waals surface area contributed by atoms with E-state index in [4.69, 9.17) is 10.5 Å². The van der Waals surface area contributed by atoms with Crippen LogP contribution in [0.15, 0.2) is 18.2 Å². The predicted octanol–water partition coefficient (Wildman–Crippen LogP) is 2.85. The molecule has 18 heavy (non-hydrogen) atoms. The summed E-state index contributed by atoms with van der Waals surface area (Å²) in [4.78, 5) is 8.06. The van der Waals surface area contributed by atoms with Gasteiger partial charge in [-0.2, -0.15) is 0 Å². The van der Waals surface area contributed by atoms with Crippen molar-refractivity contribution in [3.63, 3.8) is 0 Å². The lowest BCUT2D eigenvalue weighted by atomic mass is 10.1. The van der Waals surface area contributed by atoms with Gasteiger partial charge in [0, 0.05) is 17.2 Å². The first-order chi connectivity index (χ1) is 8.69. The molecule has 1 saturated carbocycles. The molecule has 0 saturated heterocycles. The lowest BCUT2D eigenvalue weighted by Crippen LogP contribution is -1.93. The fourth-order valence-corrected chi connectivity index (χ4v) is 2.20. The molecule has 1 aliphatic rings. The summed E-state index contributed by atoms with van der Waals surface area (Å²) in [5, 5.41) is 0. The Morgan fingerprint density at radius 1 is 1.39 bits per heavy atom. The van der Waals surface area contributed by atoms with E-state index in [2.05, 4.69) is 16.9 Å². The minimum absolute atomic E-state index is 0.632. The molecule has 0 atom stereocenters. The highest BCUT2D eigenvalue weighted by Gasteiger charge is 2.27. The van der Waals surface area contributed by atoms with Crippen LogP contribution in [-0.2, 0) is 0 Å². The lowest BCUT2D eigenvalue weighted by molar-refractivity contribution is 0.417. The van der Waals surface area contributed by atoms with Crippen LogP contribution in [0.4, 0.5) is 5.69 Å². The molecule has 4 nitrogen and oxygen atoms in total.